The number of hydrogen-bond acceptors (Lipinski definition) is 1. The van der Waals surface area contributed by atoms with Crippen molar-refractivity contribution in [3.05, 3.63) is 35.4 Å². The van der Waals surface area contributed by atoms with Crippen LogP contribution in [0.25, 0.3) is 0 Å². The molecule has 0 saturated heterocycles. The van der Waals surface area contributed by atoms with Crippen LogP contribution < -0.4 is 5.32 Å². The van der Waals surface area contributed by atoms with Crippen molar-refractivity contribution in [1.29, 1.82) is 0 Å². The highest BCUT2D eigenvalue weighted by Crippen LogP contribution is 2.26. The fourth-order valence-corrected chi connectivity index (χ4v) is 1.87. The Hall–Kier alpha value is -1.45. The SMILES string of the molecule is CCCC(CC(=O)NC)c1cc(F)cc(F)c1. The van der Waals surface area contributed by atoms with Gasteiger partial charge >= 0.3 is 0 Å². The second-order valence-electron chi connectivity index (χ2n) is 4.07. The Morgan fingerprint density at radius 3 is 2.35 bits per heavy atom. The van der Waals surface area contributed by atoms with Gasteiger partial charge in [-0.3, -0.25) is 4.79 Å². The maximum Gasteiger partial charge on any atom is 0.220 e. The predicted molar refractivity (Wildman–Crippen MR) is 62.7 cm³/mol. The van der Waals surface area contributed by atoms with Crippen molar-refractivity contribution in [1.82, 2.24) is 5.32 Å². The summed E-state index contributed by atoms with van der Waals surface area (Å²) in [6.07, 6.45) is 1.85. The summed E-state index contributed by atoms with van der Waals surface area (Å²) in [7, 11) is 1.55. The maximum atomic E-state index is 13.1. The third kappa shape index (κ3) is 4.13. The van der Waals surface area contributed by atoms with E-state index < -0.39 is 11.6 Å². The van der Waals surface area contributed by atoms with Gasteiger partial charge in [-0.2, -0.15) is 0 Å². The molecule has 0 aliphatic carbocycles. The van der Waals surface area contributed by atoms with E-state index >= 15 is 0 Å². The maximum absolute atomic E-state index is 13.1. The zero-order valence-corrected chi connectivity index (χ0v) is 10.1. The monoisotopic (exact) mass is 241 g/mol. The van der Waals surface area contributed by atoms with Gasteiger partial charge in [0.25, 0.3) is 0 Å². The number of benzene rings is 1. The molecule has 0 aliphatic heterocycles. The molecule has 0 saturated carbocycles. The molecule has 4 heteroatoms. The minimum atomic E-state index is -0.599. The fourth-order valence-electron chi connectivity index (χ4n) is 1.87. The van der Waals surface area contributed by atoms with Gasteiger partial charge in [0.15, 0.2) is 0 Å². The molecule has 2 nitrogen and oxygen atoms in total. The van der Waals surface area contributed by atoms with E-state index in [-0.39, 0.29) is 18.2 Å². The molecule has 17 heavy (non-hydrogen) atoms. The van der Waals surface area contributed by atoms with Gasteiger partial charge in [-0.15, -0.1) is 0 Å². The molecular weight excluding hydrogens is 224 g/mol. The highest BCUT2D eigenvalue weighted by atomic mass is 19.1. The Bertz CT molecular complexity index is 373. The van der Waals surface area contributed by atoms with Crippen LogP contribution in [0.5, 0.6) is 0 Å². The Morgan fingerprint density at radius 1 is 1.29 bits per heavy atom. The minimum absolute atomic E-state index is 0.117. The summed E-state index contributed by atoms with van der Waals surface area (Å²) in [5.41, 5.74) is 0.549. The first-order valence-electron chi connectivity index (χ1n) is 5.73. The summed E-state index contributed by atoms with van der Waals surface area (Å²) >= 11 is 0. The van der Waals surface area contributed by atoms with Gasteiger partial charge in [-0.25, -0.2) is 8.78 Å². The van der Waals surface area contributed by atoms with Crippen LogP contribution in [-0.4, -0.2) is 13.0 Å². The first-order valence-corrected chi connectivity index (χ1v) is 5.73. The number of hydrogen-bond donors (Lipinski definition) is 1. The molecule has 0 aromatic heterocycles. The Kier molecular flexibility index (Phi) is 5.07. The van der Waals surface area contributed by atoms with Crippen LogP contribution in [0.4, 0.5) is 8.78 Å². The zero-order chi connectivity index (χ0) is 12.8. The molecule has 1 aromatic carbocycles. The number of rotatable bonds is 5. The molecule has 1 atom stereocenters. The van der Waals surface area contributed by atoms with E-state index in [1.807, 2.05) is 6.92 Å². The lowest BCUT2D eigenvalue weighted by Crippen LogP contribution is -2.20. The number of nitrogens with one attached hydrogen (secondary N) is 1. The third-order valence-electron chi connectivity index (χ3n) is 2.70. The lowest BCUT2D eigenvalue weighted by atomic mass is 9.91. The van der Waals surface area contributed by atoms with Crippen molar-refractivity contribution in [3.8, 4) is 0 Å². The van der Waals surface area contributed by atoms with Crippen LogP contribution in [0.3, 0.4) is 0 Å². The Balaban J connectivity index is 2.91. The van der Waals surface area contributed by atoms with E-state index in [1.165, 1.54) is 12.1 Å². The summed E-state index contributed by atoms with van der Waals surface area (Å²) < 4.78 is 26.2. The van der Waals surface area contributed by atoms with Crippen molar-refractivity contribution in [2.75, 3.05) is 7.05 Å². The van der Waals surface area contributed by atoms with Crippen LogP contribution in [0, 0.1) is 11.6 Å². The number of carbonyl (C=O) groups is 1. The quantitative estimate of drug-likeness (QED) is 0.843. The lowest BCUT2D eigenvalue weighted by molar-refractivity contribution is -0.121. The largest absolute Gasteiger partial charge is 0.359 e. The van der Waals surface area contributed by atoms with Crippen molar-refractivity contribution in [2.24, 2.45) is 0 Å². The van der Waals surface area contributed by atoms with Crippen LogP contribution in [-0.2, 0) is 4.79 Å². The molecule has 1 unspecified atom stereocenters. The zero-order valence-electron chi connectivity index (χ0n) is 10.1. The van der Waals surface area contributed by atoms with E-state index in [2.05, 4.69) is 5.32 Å². The first kappa shape index (κ1) is 13.6. The molecule has 0 spiro atoms. The van der Waals surface area contributed by atoms with Crippen molar-refractivity contribution >= 4 is 5.91 Å². The van der Waals surface area contributed by atoms with Crippen LogP contribution in [0.1, 0.15) is 37.7 Å². The van der Waals surface area contributed by atoms with Gasteiger partial charge in [-0.05, 0) is 30.0 Å². The molecular formula is C13H17F2NO. The Morgan fingerprint density at radius 2 is 1.88 bits per heavy atom. The highest BCUT2D eigenvalue weighted by molar-refractivity contribution is 5.76. The molecule has 0 bridgehead atoms. The van der Waals surface area contributed by atoms with E-state index in [1.54, 1.807) is 7.05 Å². The summed E-state index contributed by atoms with van der Waals surface area (Å²) in [5.74, 6) is -1.45. The van der Waals surface area contributed by atoms with Gasteiger partial charge in [-0.1, -0.05) is 13.3 Å². The van der Waals surface area contributed by atoms with Gasteiger partial charge < -0.3 is 5.32 Å². The summed E-state index contributed by atoms with van der Waals surface area (Å²) in [6.45, 7) is 1.98. The van der Waals surface area contributed by atoms with Crippen molar-refractivity contribution in [2.45, 2.75) is 32.1 Å². The van der Waals surface area contributed by atoms with Gasteiger partial charge in [0.1, 0.15) is 11.6 Å². The normalized spacial score (nSPS) is 12.2. The topological polar surface area (TPSA) is 29.1 Å². The molecule has 94 valence electrons. The van der Waals surface area contributed by atoms with Gasteiger partial charge in [0, 0.05) is 19.5 Å². The summed E-state index contributed by atoms with van der Waals surface area (Å²) in [5, 5.41) is 2.53. The number of carbonyl (C=O) groups excluding carboxylic acids is 1. The second-order valence-corrected chi connectivity index (χ2v) is 4.07. The molecule has 1 aromatic rings. The molecule has 0 aliphatic rings. The highest BCUT2D eigenvalue weighted by Gasteiger charge is 2.16. The molecule has 0 radical (unpaired) electrons. The van der Waals surface area contributed by atoms with E-state index in [4.69, 9.17) is 0 Å². The van der Waals surface area contributed by atoms with E-state index in [0.29, 0.717) is 5.56 Å². The second kappa shape index (κ2) is 6.33. The summed E-state index contributed by atoms with van der Waals surface area (Å²) in [4.78, 5) is 11.3. The first-order chi connectivity index (χ1) is 8.06. The minimum Gasteiger partial charge on any atom is -0.359 e. The average Bonchev–Trinajstić information content (AvgIpc) is 2.27. The number of amides is 1. The van der Waals surface area contributed by atoms with Crippen LogP contribution in [0.2, 0.25) is 0 Å². The van der Waals surface area contributed by atoms with Crippen LogP contribution >= 0.6 is 0 Å². The molecule has 0 fully saturated rings. The smallest absolute Gasteiger partial charge is 0.220 e. The van der Waals surface area contributed by atoms with Gasteiger partial charge in [0.05, 0.1) is 0 Å². The standard InChI is InChI=1S/C13H17F2NO/c1-3-4-9(7-13(17)16-2)10-5-11(14)8-12(15)6-10/h5-6,8-9H,3-4,7H2,1-2H3,(H,16,17). The fraction of sp³-hybridized carbons (Fsp3) is 0.462. The van der Waals surface area contributed by atoms with Crippen molar-refractivity contribution in [3.63, 3.8) is 0 Å². The average molecular weight is 241 g/mol. The third-order valence-corrected chi connectivity index (χ3v) is 2.70. The van der Waals surface area contributed by atoms with Crippen molar-refractivity contribution < 1.29 is 13.6 Å². The van der Waals surface area contributed by atoms with Gasteiger partial charge in [0.2, 0.25) is 5.91 Å². The molecule has 0 heterocycles. The molecule has 1 amide bonds. The van der Waals surface area contributed by atoms with E-state index in [0.717, 1.165) is 18.9 Å². The Labute approximate surface area is 100 Å². The number of halogens is 2. The van der Waals surface area contributed by atoms with Crippen LogP contribution in [0.15, 0.2) is 18.2 Å². The lowest BCUT2D eigenvalue weighted by Gasteiger charge is -2.16. The molecule has 1 N–H and O–H groups in total. The summed E-state index contributed by atoms with van der Waals surface area (Å²) in [6, 6.07) is 3.44. The van der Waals surface area contributed by atoms with E-state index in [9.17, 15) is 13.6 Å². The predicted octanol–water partition coefficient (Wildman–Crippen LogP) is 2.98. The molecule has 1 rings (SSSR count).